The molecule has 4 heteroatoms. The van der Waals surface area contributed by atoms with Crippen molar-refractivity contribution in [3.8, 4) is 0 Å². The highest BCUT2D eigenvalue weighted by atomic mass is 16.2. The van der Waals surface area contributed by atoms with E-state index in [1.165, 1.54) is 12.8 Å². The predicted octanol–water partition coefficient (Wildman–Crippen LogP) is 0.372. The van der Waals surface area contributed by atoms with Crippen molar-refractivity contribution < 1.29 is 4.79 Å². The van der Waals surface area contributed by atoms with Gasteiger partial charge in [-0.15, -0.1) is 0 Å². The van der Waals surface area contributed by atoms with Crippen molar-refractivity contribution in [2.24, 2.45) is 11.7 Å². The molecule has 2 fully saturated rings. The number of carbonyl (C=O) groups is 1. The van der Waals surface area contributed by atoms with Crippen molar-refractivity contribution in [1.82, 2.24) is 10.6 Å². The molecule has 2 unspecified atom stereocenters. The molecule has 0 aromatic heterocycles. The highest BCUT2D eigenvalue weighted by molar-refractivity contribution is 5.87. The van der Waals surface area contributed by atoms with Crippen LogP contribution in [-0.4, -0.2) is 30.6 Å². The monoisotopic (exact) mass is 225 g/mol. The Balaban J connectivity index is 1.94. The highest BCUT2D eigenvalue weighted by Crippen LogP contribution is 2.33. The van der Waals surface area contributed by atoms with Crippen LogP contribution in [0.1, 0.15) is 39.0 Å². The molecular weight excluding hydrogens is 202 g/mol. The van der Waals surface area contributed by atoms with E-state index in [1.807, 2.05) is 0 Å². The van der Waals surface area contributed by atoms with Crippen molar-refractivity contribution in [3.63, 3.8) is 0 Å². The number of nitrogens with one attached hydrogen (secondary N) is 2. The van der Waals surface area contributed by atoms with Gasteiger partial charge in [-0.3, -0.25) is 4.79 Å². The summed E-state index contributed by atoms with van der Waals surface area (Å²) in [6.07, 6.45) is 5.35. The lowest BCUT2D eigenvalue weighted by Gasteiger charge is -2.29. The van der Waals surface area contributed by atoms with Crippen LogP contribution in [0.4, 0.5) is 0 Å². The molecule has 1 aliphatic heterocycles. The van der Waals surface area contributed by atoms with E-state index in [4.69, 9.17) is 5.73 Å². The summed E-state index contributed by atoms with van der Waals surface area (Å²) in [5.41, 5.74) is 5.39. The lowest BCUT2D eigenvalue weighted by atomic mass is 9.92. The number of amides is 1. The van der Waals surface area contributed by atoms with E-state index < -0.39 is 0 Å². The average molecular weight is 225 g/mol. The minimum Gasteiger partial charge on any atom is -0.350 e. The molecule has 4 N–H and O–H groups in total. The maximum absolute atomic E-state index is 12.3. The van der Waals surface area contributed by atoms with Gasteiger partial charge in [0.25, 0.3) is 0 Å². The average Bonchev–Trinajstić information content (AvgIpc) is 3.02. The summed E-state index contributed by atoms with van der Waals surface area (Å²) in [5.74, 6) is 0.791. The van der Waals surface area contributed by atoms with E-state index in [1.54, 1.807) is 0 Å². The summed E-state index contributed by atoms with van der Waals surface area (Å²) < 4.78 is 0. The summed E-state index contributed by atoms with van der Waals surface area (Å²) in [6, 6.07) is 0.193. The fraction of sp³-hybridized carbons (Fsp3) is 0.917. The van der Waals surface area contributed by atoms with Crippen LogP contribution < -0.4 is 16.4 Å². The second-order valence-corrected chi connectivity index (χ2v) is 5.12. The smallest absolute Gasteiger partial charge is 0.240 e. The van der Waals surface area contributed by atoms with Crippen molar-refractivity contribution in [3.05, 3.63) is 0 Å². The zero-order valence-electron chi connectivity index (χ0n) is 10.1. The standard InChI is InChI=1S/C12H23N3O/c1-2-12(6-3-7-14-12)11(16)15-10(8-13)9-4-5-9/h9-10,14H,2-8,13H2,1H3,(H,15,16). The second kappa shape index (κ2) is 4.72. The summed E-state index contributed by atoms with van der Waals surface area (Å²) in [5, 5.41) is 6.49. The maximum atomic E-state index is 12.3. The van der Waals surface area contributed by atoms with Gasteiger partial charge >= 0.3 is 0 Å². The van der Waals surface area contributed by atoms with Gasteiger partial charge in [0.05, 0.1) is 5.54 Å². The molecule has 16 heavy (non-hydrogen) atoms. The second-order valence-electron chi connectivity index (χ2n) is 5.12. The fourth-order valence-electron chi connectivity index (χ4n) is 2.64. The Labute approximate surface area is 97.3 Å². The molecule has 0 radical (unpaired) electrons. The summed E-state index contributed by atoms with van der Waals surface area (Å²) in [4.78, 5) is 12.3. The number of rotatable bonds is 5. The molecule has 1 heterocycles. The van der Waals surface area contributed by atoms with Gasteiger partial charge in [0.15, 0.2) is 0 Å². The Morgan fingerprint density at radius 1 is 1.62 bits per heavy atom. The Morgan fingerprint density at radius 2 is 2.38 bits per heavy atom. The van der Waals surface area contributed by atoms with E-state index >= 15 is 0 Å². The third-order valence-corrected chi connectivity index (χ3v) is 4.04. The fourth-order valence-corrected chi connectivity index (χ4v) is 2.64. The van der Waals surface area contributed by atoms with Gasteiger partial charge in [-0.1, -0.05) is 6.92 Å². The molecule has 1 amide bonds. The first kappa shape index (κ1) is 11.9. The van der Waals surface area contributed by atoms with Gasteiger partial charge in [0.1, 0.15) is 0 Å². The quantitative estimate of drug-likeness (QED) is 0.633. The Kier molecular flexibility index (Phi) is 3.50. The number of carbonyl (C=O) groups excluding carboxylic acids is 1. The highest BCUT2D eigenvalue weighted by Gasteiger charge is 2.41. The van der Waals surface area contributed by atoms with Crippen molar-refractivity contribution in [1.29, 1.82) is 0 Å². The summed E-state index contributed by atoms with van der Waals surface area (Å²) in [6.45, 7) is 3.60. The Hall–Kier alpha value is -0.610. The van der Waals surface area contributed by atoms with E-state index in [0.717, 1.165) is 25.8 Å². The maximum Gasteiger partial charge on any atom is 0.240 e. The molecule has 2 atom stereocenters. The third kappa shape index (κ3) is 2.23. The Bertz CT molecular complexity index is 257. The van der Waals surface area contributed by atoms with E-state index in [2.05, 4.69) is 17.6 Å². The third-order valence-electron chi connectivity index (χ3n) is 4.04. The van der Waals surface area contributed by atoms with Gasteiger partial charge in [-0.25, -0.2) is 0 Å². The molecule has 0 aromatic carbocycles. The van der Waals surface area contributed by atoms with Gasteiger partial charge in [0, 0.05) is 12.6 Å². The lowest BCUT2D eigenvalue weighted by molar-refractivity contribution is -0.128. The molecule has 1 saturated carbocycles. The predicted molar refractivity (Wildman–Crippen MR) is 64.0 cm³/mol. The van der Waals surface area contributed by atoms with Crippen LogP contribution in [0.15, 0.2) is 0 Å². The van der Waals surface area contributed by atoms with Crippen molar-refractivity contribution in [2.45, 2.75) is 50.6 Å². The number of hydrogen-bond acceptors (Lipinski definition) is 3. The summed E-state index contributed by atoms with van der Waals surface area (Å²) >= 11 is 0. The number of nitrogens with two attached hydrogens (primary N) is 1. The molecule has 0 bridgehead atoms. The van der Waals surface area contributed by atoms with Gasteiger partial charge in [0.2, 0.25) is 5.91 Å². The zero-order chi connectivity index (χ0) is 11.6. The van der Waals surface area contributed by atoms with Crippen LogP contribution in [0.5, 0.6) is 0 Å². The van der Waals surface area contributed by atoms with Gasteiger partial charge < -0.3 is 16.4 Å². The minimum atomic E-state index is -0.317. The molecule has 2 aliphatic rings. The zero-order valence-corrected chi connectivity index (χ0v) is 10.1. The first-order valence-corrected chi connectivity index (χ1v) is 6.48. The normalized spacial score (nSPS) is 31.4. The SMILES string of the molecule is CCC1(C(=O)NC(CN)C2CC2)CCCN1. The van der Waals surface area contributed by atoms with E-state index in [9.17, 15) is 4.79 Å². The molecule has 1 aliphatic carbocycles. The topological polar surface area (TPSA) is 67.2 Å². The summed E-state index contributed by atoms with van der Waals surface area (Å²) in [7, 11) is 0. The molecule has 2 rings (SSSR count). The van der Waals surface area contributed by atoms with Crippen molar-refractivity contribution in [2.75, 3.05) is 13.1 Å². The molecule has 4 nitrogen and oxygen atoms in total. The van der Waals surface area contributed by atoms with Crippen LogP contribution >= 0.6 is 0 Å². The van der Waals surface area contributed by atoms with Crippen LogP contribution in [0.3, 0.4) is 0 Å². The van der Waals surface area contributed by atoms with Crippen LogP contribution in [-0.2, 0) is 4.79 Å². The van der Waals surface area contributed by atoms with Gasteiger partial charge in [-0.2, -0.15) is 0 Å². The van der Waals surface area contributed by atoms with Crippen LogP contribution in [0, 0.1) is 5.92 Å². The first-order chi connectivity index (χ1) is 7.72. The van der Waals surface area contributed by atoms with Crippen LogP contribution in [0.2, 0.25) is 0 Å². The van der Waals surface area contributed by atoms with Gasteiger partial charge in [-0.05, 0) is 44.6 Å². The minimum absolute atomic E-state index is 0.162. The molecule has 1 saturated heterocycles. The molecule has 92 valence electrons. The lowest BCUT2D eigenvalue weighted by Crippen LogP contribution is -2.57. The van der Waals surface area contributed by atoms with E-state index in [-0.39, 0.29) is 17.5 Å². The first-order valence-electron chi connectivity index (χ1n) is 6.48. The number of hydrogen-bond donors (Lipinski definition) is 3. The molecule has 0 spiro atoms. The Morgan fingerprint density at radius 3 is 2.81 bits per heavy atom. The van der Waals surface area contributed by atoms with Crippen LogP contribution in [0.25, 0.3) is 0 Å². The van der Waals surface area contributed by atoms with E-state index in [0.29, 0.717) is 12.5 Å². The molecular formula is C12H23N3O. The molecule has 0 aromatic rings. The van der Waals surface area contributed by atoms with Crippen molar-refractivity contribution >= 4 is 5.91 Å². The largest absolute Gasteiger partial charge is 0.350 e.